The molecule has 14 heavy (non-hydrogen) atoms. The molecule has 0 saturated carbocycles. The maximum atomic E-state index is 3.45. The fourth-order valence-corrected chi connectivity index (χ4v) is 1.70. The van der Waals surface area contributed by atoms with E-state index in [1.165, 1.54) is 5.56 Å². The molecule has 1 rings (SSSR count). The first-order valence-corrected chi connectivity index (χ1v) is 5.56. The first-order chi connectivity index (χ1) is 6.27. The third-order valence-electron chi connectivity index (χ3n) is 2.13. The van der Waals surface area contributed by atoms with Crippen LogP contribution >= 0.6 is 15.9 Å². The summed E-state index contributed by atoms with van der Waals surface area (Å²) in [4.78, 5) is 0. The number of benzene rings is 1. The minimum Gasteiger partial charge on any atom is -1.00 e. The molecule has 0 aliphatic carbocycles. The minimum absolute atomic E-state index is 0. The number of hydrogen-bond acceptors (Lipinski definition) is 1. The van der Waals surface area contributed by atoms with E-state index in [-0.39, 0.29) is 12.4 Å². The van der Waals surface area contributed by atoms with Crippen LogP contribution in [-0.2, 0) is 0 Å². The lowest BCUT2D eigenvalue weighted by Gasteiger charge is -2.15. The van der Waals surface area contributed by atoms with Gasteiger partial charge in [-0.1, -0.05) is 41.9 Å². The summed E-state index contributed by atoms with van der Waals surface area (Å²) in [6.45, 7) is 5.37. The second-order valence-corrected chi connectivity index (χ2v) is 3.99. The lowest BCUT2D eigenvalue weighted by Crippen LogP contribution is -3.00. The van der Waals surface area contributed by atoms with Crippen molar-refractivity contribution in [1.29, 1.82) is 0 Å². The first-order valence-electron chi connectivity index (χ1n) is 4.76. The lowest BCUT2D eigenvalue weighted by molar-refractivity contribution is -0.00000272. The molecule has 0 amide bonds. The zero-order chi connectivity index (χ0) is 9.68. The molecule has 0 aromatic heterocycles. The molecule has 1 aromatic carbocycles. The van der Waals surface area contributed by atoms with Gasteiger partial charge in [0, 0.05) is 10.5 Å². The van der Waals surface area contributed by atoms with Crippen molar-refractivity contribution in [1.82, 2.24) is 5.32 Å². The van der Waals surface area contributed by atoms with Crippen molar-refractivity contribution >= 4 is 15.9 Å². The molecule has 0 aliphatic rings. The molecule has 3 heteroatoms. The maximum Gasteiger partial charge on any atom is 0.0317 e. The SMILES string of the molecule is CCNC(CC)c1ccc(Br)cc1.[Cl-]. The van der Waals surface area contributed by atoms with Crippen LogP contribution in [0.2, 0.25) is 0 Å². The summed E-state index contributed by atoms with van der Waals surface area (Å²) < 4.78 is 1.14. The molecule has 0 saturated heterocycles. The summed E-state index contributed by atoms with van der Waals surface area (Å²) in [6, 6.07) is 9.02. The monoisotopic (exact) mass is 276 g/mol. The third-order valence-corrected chi connectivity index (χ3v) is 2.66. The Labute approximate surface area is 101 Å². The highest BCUT2D eigenvalue weighted by atomic mass is 79.9. The zero-order valence-corrected chi connectivity index (χ0v) is 10.9. The van der Waals surface area contributed by atoms with Gasteiger partial charge in [0.2, 0.25) is 0 Å². The van der Waals surface area contributed by atoms with Gasteiger partial charge >= 0.3 is 0 Å². The molecule has 0 fully saturated rings. The fourth-order valence-electron chi connectivity index (χ4n) is 1.44. The largest absolute Gasteiger partial charge is 1.00 e. The van der Waals surface area contributed by atoms with Crippen LogP contribution in [0.5, 0.6) is 0 Å². The van der Waals surface area contributed by atoms with Crippen LogP contribution < -0.4 is 17.7 Å². The maximum absolute atomic E-state index is 3.45. The van der Waals surface area contributed by atoms with Gasteiger partial charge in [0.15, 0.2) is 0 Å². The quantitative estimate of drug-likeness (QED) is 0.846. The Morgan fingerprint density at radius 2 is 1.79 bits per heavy atom. The number of hydrogen-bond donors (Lipinski definition) is 1. The van der Waals surface area contributed by atoms with E-state index in [0.29, 0.717) is 6.04 Å². The fraction of sp³-hybridized carbons (Fsp3) is 0.455. The van der Waals surface area contributed by atoms with Gasteiger partial charge in [-0.25, -0.2) is 0 Å². The van der Waals surface area contributed by atoms with Crippen molar-refractivity contribution in [2.45, 2.75) is 26.3 Å². The molecular formula is C11H16BrClN-. The van der Waals surface area contributed by atoms with Gasteiger partial charge in [-0.15, -0.1) is 0 Å². The number of halogens is 2. The average Bonchev–Trinajstić information content (AvgIpc) is 2.16. The van der Waals surface area contributed by atoms with Gasteiger partial charge in [0.1, 0.15) is 0 Å². The zero-order valence-electron chi connectivity index (χ0n) is 8.56. The smallest absolute Gasteiger partial charge is 0.0317 e. The molecular weight excluding hydrogens is 261 g/mol. The van der Waals surface area contributed by atoms with E-state index < -0.39 is 0 Å². The predicted molar refractivity (Wildman–Crippen MR) is 60.9 cm³/mol. The van der Waals surface area contributed by atoms with Crippen LogP contribution in [0.4, 0.5) is 0 Å². The Morgan fingerprint density at radius 3 is 2.21 bits per heavy atom. The highest BCUT2D eigenvalue weighted by Gasteiger charge is 2.05. The lowest BCUT2D eigenvalue weighted by atomic mass is 10.1. The van der Waals surface area contributed by atoms with Gasteiger partial charge in [-0.3, -0.25) is 0 Å². The van der Waals surface area contributed by atoms with Crippen LogP contribution in [0.25, 0.3) is 0 Å². The molecule has 0 heterocycles. The van der Waals surface area contributed by atoms with Crippen molar-refractivity contribution in [3.05, 3.63) is 34.3 Å². The van der Waals surface area contributed by atoms with Crippen LogP contribution in [0.15, 0.2) is 28.7 Å². The van der Waals surface area contributed by atoms with Gasteiger partial charge in [0.05, 0.1) is 0 Å². The van der Waals surface area contributed by atoms with Crippen LogP contribution in [0.1, 0.15) is 31.9 Å². The second-order valence-electron chi connectivity index (χ2n) is 3.07. The summed E-state index contributed by atoms with van der Waals surface area (Å²) in [7, 11) is 0. The van der Waals surface area contributed by atoms with E-state index in [2.05, 4.69) is 59.4 Å². The highest BCUT2D eigenvalue weighted by Crippen LogP contribution is 2.18. The van der Waals surface area contributed by atoms with E-state index in [0.717, 1.165) is 17.4 Å². The Morgan fingerprint density at radius 1 is 1.21 bits per heavy atom. The Bertz CT molecular complexity index is 248. The van der Waals surface area contributed by atoms with Gasteiger partial charge in [-0.05, 0) is 30.7 Å². The normalized spacial score (nSPS) is 11.9. The number of rotatable bonds is 4. The summed E-state index contributed by atoms with van der Waals surface area (Å²) >= 11 is 3.44. The van der Waals surface area contributed by atoms with Crippen LogP contribution in [0.3, 0.4) is 0 Å². The Hall–Kier alpha value is -0.0500. The molecule has 1 atom stereocenters. The Kier molecular flexibility index (Phi) is 7.24. The molecule has 1 N–H and O–H groups in total. The van der Waals surface area contributed by atoms with E-state index in [9.17, 15) is 0 Å². The third kappa shape index (κ3) is 3.99. The van der Waals surface area contributed by atoms with Crippen molar-refractivity contribution < 1.29 is 12.4 Å². The van der Waals surface area contributed by atoms with E-state index in [1.54, 1.807) is 0 Å². The minimum atomic E-state index is 0. The molecule has 1 unspecified atom stereocenters. The molecule has 0 spiro atoms. The molecule has 1 nitrogen and oxygen atoms in total. The Balaban J connectivity index is 0.00000169. The van der Waals surface area contributed by atoms with Gasteiger partial charge < -0.3 is 17.7 Å². The van der Waals surface area contributed by atoms with Crippen molar-refractivity contribution in [2.75, 3.05) is 6.54 Å². The predicted octanol–water partition coefficient (Wildman–Crippen LogP) is 0.514. The summed E-state index contributed by atoms with van der Waals surface area (Å²) in [5.74, 6) is 0. The standard InChI is InChI=1S/C11H16BrN.ClH/c1-3-11(13-4-2)9-5-7-10(12)8-6-9;/h5-8,11,13H,3-4H2,1-2H3;1H/p-1. The van der Waals surface area contributed by atoms with Gasteiger partial charge in [0.25, 0.3) is 0 Å². The van der Waals surface area contributed by atoms with Crippen LogP contribution in [-0.4, -0.2) is 6.54 Å². The molecule has 1 aromatic rings. The summed E-state index contributed by atoms with van der Waals surface area (Å²) in [5, 5.41) is 3.45. The van der Waals surface area contributed by atoms with Crippen molar-refractivity contribution in [3.8, 4) is 0 Å². The molecule has 80 valence electrons. The van der Waals surface area contributed by atoms with Gasteiger partial charge in [-0.2, -0.15) is 0 Å². The topological polar surface area (TPSA) is 12.0 Å². The van der Waals surface area contributed by atoms with E-state index >= 15 is 0 Å². The van der Waals surface area contributed by atoms with Crippen molar-refractivity contribution in [3.63, 3.8) is 0 Å². The molecule has 0 aliphatic heterocycles. The summed E-state index contributed by atoms with van der Waals surface area (Å²) in [5.41, 5.74) is 1.37. The second kappa shape index (κ2) is 7.27. The van der Waals surface area contributed by atoms with E-state index in [4.69, 9.17) is 0 Å². The first kappa shape index (κ1) is 13.9. The van der Waals surface area contributed by atoms with Crippen molar-refractivity contribution in [2.24, 2.45) is 0 Å². The highest BCUT2D eigenvalue weighted by molar-refractivity contribution is 9.10. The molecule has 0 radical (unpaired) electrons. The number of nitrogens with one attached hydrogen (secondary N) is 1. The summed E-state index contributed by atoms with van der Waals surface area (Å²) in [6.07, 6.45) is 1.13. The van der Waals surface area contributed by atoms with E-state index in [1.807, 2.05) is 0 Å². The van der Waals surface area contributed by atoms with Crippen LogP contribution in [0, 0.1) is 0 Å². The average molecular weight is 278 g/mol. The molecule has 0 bridgehead atoms.